The van der Waals surface area contributed by atoms with Gasteiger partial charge >= 0.3 is 0 Å². The van der Waals surface area contributed by atoms with Crippen LogP contribution < -0.4 is 10.6 Å². The van der Waals surface area contributed by atoms with E-state index in [-0.39, 0.29) is 11.9 Å². The SMILES string of the molecule is Cc1cc2cc(NC(=O)C3CCCN3)ccc2[nH]1. The predicted octanol–water partition coefficient (Wildman–Crippen LogP) is 2.17. The number of aromatic nitrogens is 1. The molecule has 0 bridgehead atoms. The third-order valence-electron chi connectivity index (χ3n) is 3.40. The zero-order valence-corrected chi connectivity index (χ0v) is 10.4. The summed E-state index contributed by atoms with van der Waals surface area (Å²) in [6.07, 6.45) is 2.01. The molecule has 18 heavy (non-hydrogen) atoms. The van der Waals surface area contributed by atoms with Crippen LogP contribution in [0.1, 0.15) is 18.5 Å². The average molecular weight is 243 g/mol. The molecule has 0 spiro atoms. The van der Waals surface area contributed by atoms with Crippen LogP contribution in [0, 0.1) is 6.92 Å². The maximum absolute atomic E-state index is 12.0. The number of carbonyl (C=O) groups is 1. The van der Waals surface area contributed by atoms with Gasteiger partial charge < -0.3 is 15.6 Å². The summed E-state index contributed by atoms with van der Waals surface area (Å²) in [4.78, 5) is 15.2. The van der Waals surface area contributed by atoms with Gasteiger partial charge in [-0.15, -0.1) is 0 Å². The Hall–Kier alpha value is -1.81. The molecule has 1 amide bonds. The summed E-state index contributed by atoms with van der Waals surface area (Å²) in [5.41, 5.74) is 3.09. The number of amides is 1. The molecule has 3 N–H and O–H groups in total. The molecule has 2 aromatic rings. The molecule has 0 saturated carbocycles. The molecule has 1 fully saturated rings. The topological polar surface area (TPSA) is 56.9 Å². The van der Waals surface area contributed by atoms with Crippen molar-refractivity contribution < 1.29 is 4.79 Å². The molecule has 0 aliphatic carbocycles. The number of nitrogens with one attached hydrogen (secondary N) is 3. The molecule has 4 heteroatoms. The lowest BCUT2D eigenvalue weighted by Crippen LogP contribution is -2.35. The number of benzene rings is 1. The van der Waals surface area contributed by atoms with Crippen molar-refractivity contribution in [2.45, 2.75) is 25.8 Å². The van der Waals surface area contributed by atoms with Crippen molar-refractivity contribution in [3.63, 3.8) is 0 Å². The van der Waals surface area contributed by atoms with Crippen LogP contribution in [0.2, 0.25) is 0 Å². The number of fused-ring (bicyclic) bond motifs is 1. The van der Waals surface area contributed by atoms with Crippen LogP contribution in [-0.2, 0) is 4.79 Å². The average Bonchev–Trinajstić information content (AvgIpc) is 2.95. The van der Waals surface area contributed by atoms with E-state index in [2.05, 4.69) is 21.7 Å². The molecule has 1 saturated heterocycles. The second kappa shape index (κ2) is 4.46. The summed E-state index contributed by atoms with van der Waals surface area (Å²) in [6.45, 7) is 2.97. The Morgan fingerprint density at radius 2 is 2.28 bits per heavy atom. The molecule has 1 aliphatic rings. The summed E-state index contributed by atoms with van der Waals surface area (Å²) in [7, 11) is 0. The largest absolute Gasteiger partial charge is 0.359 e. The van der Waals surface area contributed by atoms with Gasteiger partial charge in [-0.1, -0.05) is 0 Å². The van der Waals surface area contributed by atoms with Crippen molar-refractivity contribution in [2.75, 3.05) is 11.9 Å². The normalized spacial score (nSPS) is 19.3. The van der Waals surface area contributed by atoms with Crippen LogP contribution in [0.5, 0.6) is 0 Å². The first kappa shape index (κ1) is 11.3. The van der Waals surface area contributed by atoms with Crippen molar-refractivity contribution in [1.29, 1.82) is 0 Å². The van der Waals surface area contributed by atoms with Crippen molar-refractivity contribution in [1.82, 2.24) is 10.3 Å². The standard InChI is InChI=1S/C14H17N3O/c1-9-7-10-8-11(4-5-12(10)16-9)17-14(18)13-3-2-6-15-13/h4-5,7-8,13,15-16H,2-3,6H2,1H3,(H,17,18). The highest BCUT2D eigenvalue weighted by molar-refractivity contribution is 5.97. The molecule has 3 rings (SSSR count). The van der Waals surface area contributed by atoms with Crippen molar-refractivity contribution in [3.8, 4) is 0 Å². The number of aryl methyl sites for hydroxylation is 1. The zero-order chi connectivity index (χ0) is 12.5. The Balaban J connectivity index is 1.79. The Kier molecular flexibility index (Phi) is 2.80. The molecular formula is C14H17N3O. The van der Waals surface area contributed by atoms with E-state index in [1.165, 1.54) is 0 Å². The van der Waals surface area contributed by atoms with E-state index in [4.69, 9.17) is 0 Å². The number of hydrogen-bond acceptors (Lipinski definition) is 2. The van der Waals surface area contributed by atoms with Gasteiger partial charge in [-0.3, -0.25) is 4.79 Å². The Morgan fingerprint density at radius 1 is 1.39 bits per heavy atom. The van der Waals surface area contributed by atoms with Crippen LogP contribution >= 0.6 is 0 Å². The van der Waals surface area contributed by atoms with E-state index in [1.54, 1.807) is 0 Å². The summed E-state index contributed by atoms with van der Waals surface area (Å²) in [5, 5.41) is 7.30. The highest BCUT2D eigenvalue weighted by Crippen LogP contribution is 2.20. The Labute approximate surface area is 106 Å². The first-order valence-corrected chi connectivity index (χ1v) is 6.36. The highest BCUT2D eigenvalue weighted by Gasteiger charge is 2.21. The highest BCUT2D eigenvalue weighted by atomic mass is 16.2. The van der Waals surface area contributed by atoms with Gasteiger partial charge in [-0.05, 0) is 50.6 Å². The predicted molar refractivity (Wildman–Crippen MR) is 72.7 cm³/mol. The van der Waals surface area contributed by atoms with Crippen LogP contribution in [0.25, 0.3) is 10.9 Å². The van der Waals surface area contributed by atoms with Crippen LogP contribution in [0.3, 0.4) is 0 Å². The number of rotatable bonds is 2. The zero-order valence-electron chi connectivity index (χ0n) is 10.4. The Morgan fingerprint density at radius 3 is 3.06 bits per heavy atom. The minimum Gasteiger partial charge on any atom is -0.359 e. The third-order valence-corrected chi connectivity index (χ3v) is 3.40. The van der Waals surface area contributed by atoms with E-state index in [1.807, 2.05) is 25.1 Å². The molecule has 1 aromatic carbocycles. The van der Waals surface area contributed by atoms with Gasteiger partial charge in [0.25, 0.3) is 0 Å². The first-order chi connectivity index (χ1) is 8.72. The van der Waals surface area contributed by atoms with Crippen molar-refractivity contribution in [2.24, 2.45) is 0 Å². The first-order valence-electron chi connectivity index (χ1n) is 6.36. The lowest BCUT2D eigenvalue weighted by molar-refractivity contribution is -0.117. The maximum Gasteiger partial charge on any atom is 0.241 e. The summed E-state index contributed by atoms with van der Waals surface area (Å²) >= 11 is 0. The molecule has 1 unspecified atom stereocenters. The number of hydrogen-bond donors (Lipinski definition) is 3. The van der Waals surface area contributed by atoms with E-state index < -0.39 is 0 Å². The van der Waals surface area contributed by atoms with Gasteiger partial charge in [-0.25, -0.2) is 0 Å². The molecule has 0 radical (unpaired) electrons. The molecule has 1 aliphatic heterocycles. The number of aromatic amines is 1. The number of carbonyl (C=O) groups excluding carboxylic acids is 1. The van der Waals surface area contributed by atoms with E-state index in [9.17, 15) is 4.79 Å². The lowest BCUT2D eigenvalue weighted by atomic mass is 10.2. The second-order valence-electron chi connectivity index (χ2n) is 4.89. The van der Waals surface area contributed by atoms with Gasteiger partial charge in [-0.2, -0.15) is 0 Å². The van der Waals surface area contributed by atoms with Gasteiger partial charge in [0.1, 0.15) is 0 Å². The lowest BCUT2D eigenvalue weighted by Gasteiger charge is -2.11. The minimum absolute atomic E-state index is 0.0337. The molecule has 1 atom stereocenters. The smallest absolute Gasteiger partial charge is 0.241 e. The molecule has 2 heterocycles. The summed E-state index contributed by atoms with van der Waals surface area (Å²) in [5.74, 6) is 0.0686. The van der Waals surface area contributed by atoms with Crippen LogP contribution in [-0.4, -0.2) is 23.5 Å². The fourth-order valence-corrected chi connectivity index (χ4v) is 2.49. The number of anilines is 1. The molecule has 4 nitrogen and oxygen atoms in total. The fraction of sp³-hybridized carbons (Fsp3) is 0.357. The third kappa shape index (κ3) is 2.11. The number of H-pyrrole nitrogens is 1. The van der Waals surface area contributed by atoms with E-state index in [0.717, 1.165) is 41.7 Å². The maximum atomic E-state index is 12.0. The van der Waals surface area contributed by atoms with Gasteiger partial charge in [0.05, 0.1) is 6.04 Å². The van der Waals surface area contributed by atoms with E-state index >= 15 is 0 Å². The molecule has 1 aromatic heterocycles. The van der Waals surface area contributed by atoms with Gasteiger partial charge in [0.2, 0.25) is 5.91 Å². The molecular weight excluding hydrogens is 226 g/mol. The molecule has 94 valence electrons. The van der Waals surface area contributed by atoms with Crippen molar-refractivity contribution in [3.05, 3.63) is 30.0 Å². The summed E-state index contributed by atoms with van der Waals surface area (Å²) in [6, 6.07) is 7.99. The Bertz CT molecular complexity index is 582. The quantitative estimate of drug-likeness (QED) is 0.757. The van der Waals surface area contributed by atoms with Gasteiger partial charge in [0.15, 0.2) is 0 Å². The van der Waals surface area contributed by atoms with Crippen LogP contribution in [0.15, 0.2) is 24.3 Å². The van der Waals surface area contributed by atoms with Gasteiger partial charge in [0, 0.05) is 22.3 Å². The van der Waals surface area contributed by atoms with Crippen LogP contribution in [0.4, 0.5) is 5.69 Å². The van der Waals surface area contributed by atoms with E-state index in [0.29, 0.717) is 0 Å². The minimum atomic E-state index is -0.0337. The van der Waals surface area contributed by atoms with Crippen molar-refractivity contribution >= 4 is 22.5 Å². The fourth-order valence-electron chi connectivity index (χ4n) is 2.49. The summed E-state index contributed by atoms with van der Waals surface area (Å²) < 4.78 is 0. The second-order valence-corrected chi connectivity index (χ2v) is 4.89. The monoisotopic (exact) mass is 243 g/mol.